The molecular formula is C9H12F3N3O. The number of H-pyrrole nitrogens is 1. The summed E-state index contributed by atoms with van der Waals surface area (Å²) >= 11 is 0. The van der Waals surface area contributed by atoms with Crippen molar-refractivity contribution in [2.45, 2.75) is 32.5 Å². The number of rotatable bonds is 3. The van der Waals surface area contributed by atoms with E-state index in [-0.39, 0.29) is 6.04 Å². The Morgan fingerprint density at radius 3 is 2.75 bits per heavy atom. The highest BCUT2D eigenvalue weighted by Crippen LogP contribution is 2.29. The van der Waals surface area contributed by atoms with Crippen molar-refractivity contribution in [3.63, 3.8) is 0 Å². The number of aromatic amines is 1. The number of nitrogens with zero attached hydrogens (tertiary/aromatic N) is 1. The summed E-state index contributed by atoms with van der Waals surface area (Å²) in [6.07, 6.45) is -3.08. The van der Waals surface area contributed by atoms with Crippen molar-refractivity contribution in [2.75, 3.05) is 0 Å². The zero-order chi connectivity index (χ0) is 12.3. The summed E-state index contributed by atoms with van der Waals surface area (Å²) in [4.78, 5) is 11.5. The van der Waals surface area contributed by atoms with Crippen molar-refractivity contribution in [1.29, 1.82) is 0 Å². The molecule has 7 heteroatoms. The van der Waals surface area contributed by atoms with Crippen LogP contribution in [0.25, 0.3) is 0 Å². The van der Waals surface area contributed by atoms with Gasteiger partial charge in [-0.05, 0) is 13.3 Å². The number of carbonyl (C=O) groups excluding carboxylic acids is 1. The van der Waals surface area contributed by atoms with Crippen LogP contribution in [-0.2, 0) is 6.18 Å². The van der Waals surface area contributed by atoms with Gasteiger partial charge in [0.25, 0.3) is 5.91 Å². The first kappa shape index (κ1) is 12.5. The lowest BCUT2D eigenvalue weighted by Gasteiger charge is -2.12. The largest absolute Gasteiger partial charge is 0.433 e. The minimum absolute atomic E-state index is 0.177. The quantitative estimate of drug-likeness (QED) is 0.841. The van der Waals surface area contributed by atoms with Gasteiger partial charge in [-0.2, -0.15) is 18.3 Å². The highest BCUT2D eigenvalue weighted by molar-refractivity contribution is 5.95. The van der Waals surface area contributed by atoms with Crippen LogP contribution in [0.1, 0.15) is 36.3 Å². The van der Waals surface area contributed by atoms with Gasteiger partial charge < -0.3 is 5.32 Å². The predicted molar refractivity (Wildman–Crippen MR) is 50.8 cm³/mol. The molecule has 1 atom stereocenters. The SMILES string of the molecule is CCC(C)NC(=O)c1cn[nH]c1C(F)(F)F. The molecular weight excluding hydrogens is 223 g/mol. The molecule has 0 aliphatic heterocycles. The Balaban J connectivity index is 2.89. The number of nitrogens with one attached hydrogen (secondary N) is 2. The first-order valence-corrected chi connectivity index (χ1v) is 4.77. The normalized spacial score (nSPS) is 13.6. The van der Waals surface area contributed by atoms with Crippen LogP contribution in [0, 0.1) is 0 Å². The predicted octanol–water partition coefficient (Wildman–Crippen LogP) is 1.96. The van der Waals surface area contributed by atoms with Gasteiger partial charge in [-0.15, -0.1) is 0 Å². The van der Waals surface area contributed by atoms with E-state index in [1.807, 2.05) is 6.92 Å². The van der Waals surface area contributed by atoms with Gasteiger partial charge in [0.1, 0.15) is 0 Å². The third-order valence-corrected chi connectivity index (χ3v) is 2.16. The summed E-state index contributed by atoms with van der Waals surface area (Å²) in [6.45, 7) is 3.54. The fourth-order valence-electron chi connectivity index (χ4n) is 1.08. The van der Waals surface area contributed by atoms with Gasteiger partial charge in [0, 0.05) is 6.04 Å². The van der Waals surface area contributed by atoms with E-state index in [0.29, 0.717) is 6.42 Å². The second kappa shape index (κ2) is 4.54. The van der Waals surface area contributed by atoms with E-state index in [0.717, 1.165) is 6.20 Å². The van der Waals surface area contributed by atoms with Gasteiger partial charge in [0.2, 0.25) is 0 Å². The van der Waals surface area contributed by atoms with E-state index in [4.69, 9.17) is 0 Å². The average molecular weight is 235 g/mol. The maximum Gasteiger partial charge on any atom is 0.433 e. The molecule has 0 aliphatic carbocycles. The summed E-state index contributed by atoms with van der Waals surface area (Å²) in [5.74, 6) is -0.768. The zero-order valence-electron chi connectivity index (χ0n) is 8.85. The molecule has 4 nitrogen and oxygen atoms in total. The number of hydrogen-bond acceptors (Lipinski definition) is 2. The zero-order valence-corrected chi connectivity index (χ0v) is 8.85. The second-order valence-electron chi connectivity index (χ2n) is 3.44. The summed E-state index contributed by atoms with van der Waals surface area (Å²) in [6, 6.07) is -0.177. The van der Waals surface area contributed by atoms with Crippen molar-refractivity contribution in [3.8, 4) is 0 Å². The maximum absolute atomic E-state index is 12.4. The van der Waals surface area contributed by atoms with E-state index in [1.54, 1.807) is 12.0 Å². The number of hydrogen-bond donors (Lipinski definition) is 2. The van der Waals surface area contributed by atoms with Crippen LogP contribution >= 0.6 is 0 Å². The van der Waals surface area contributed by atoms with Gasteiger partial charge in [-0.1, -0.05) is 6.92 Å². The van der Waals surface area contributed by atoms with Gasteiger partial charge in [-0.25, -0.2) is 0 Å². The van der Waals surface area contributed by atoms with Gasteiger partial charge in [0.05, 0.1) is 11.8 Å². The van der Waals surface area contributed by atoms with E-state index in [2.05, 4.69) is 10.4 Å². The lowest BCUT2D eigenvalue weighted by atomic mass is 10.2. The van der Waals surface area contributed by atoms with Gasteiger partial charge >= 0.3 is 6.18 Å². The molecule has 0 fully saturated rings. The summed E-state index contributed by atoms with van der Waals surface area (Å²) in [7, 11) is 0. The average Bonchev–Trinajstić information content (AvgIpc) is 2.65. The molecule has 90 valence electrons. The Labute approximate surface area is 90.2 Å². The standard InChI is InChI=1S/C9H12F3N3O/c1-3-5(2)14-8(16)6-4-13-15-7(6)9(10,11)12/h4-5H,3H2,1-2H3,(H,13,15)(H,14,16). The topological polar surface area (TPSA) is 57.8 Å². The molecule has 0 aromatic carbocycles. The van der Waals surface area contributed by atoms with E-state index < -0.39 is 23.3 Å². The van der Waals surface area contributed by atoms with Crippen LogP contribution in [-0.4, -0.2) is 22.1 Å². The highest BCUT2D eigenvalue weighted by atomic mass is 19.4. The van der Waals surface area contributed by atoms with Crippen LogP contribution < -0.4 is 5.32 Å². The minimum atomic E-state index is -4.60. The van der Waals surface area contributed by atoms with Gasteiger partial charge in [-0.3, -0.25) is 9.89 Å². The van der Waals surface area contributed by atoms with Crippen LogP contribution in [0.2, 0.25) is 0 Å². The molecule has 0 radical (unpaired) electrons. The number of carbonyl (C=O) groups is 1. The third-order valence-electron chi connectivity index (χ3n) is 2.16. The Morgan fingerprint density at radius 1 is 1.62 bits per heavy atom. The van der Waals surface area contributed by atoms with Crippen molar-refractivity contribution >= 4 is 5.91 Å². The van der Waals surface area contributed by atoms with Crippen LogP contribution in [0.15, 0.2) is 6.20 Å². The molecule has 0 saturated heterocycles. The number of amides is 1. The number of halogens is 3. The van der Waals surface area contributed by atoms with Crippen molar-refractivity contribution in [3.05, 3.63) is 17.5 Å². The molecule has 1 amide bonds. The summed E-state index contributed by atoms with van der Waals surface area (Å²) < 4.78 is 37.2. The molecule has 1 aromatic heterocycles. The molecule has 1 aromatic rings. The molecule has 0 bridgehead atoms. The van der Waals surface area contributed by atoms with Crippen molar-refractivity contribution in [1.82, 2.24) is 15.5 Å². The van der Waals surface area contributed by atoms with Gasteiger partial charge in [0.15, 0.2) is 5.69 Å². The van der Waals surface area contributed by atoms with E-state index in [1.165, 1.54) is 0 Å². The maximum atomic E-state index is 12.4. The monoisotopic (exact) mass is 235 g/mol. The minimum Gasteiger partial charge on any atom is -0.349 e. The van der Waals surface area contributed by atoms with E-state index in [9.17, 15) is 18.0 Å². The molecule has 0 spiro atoms. The van der Waals surface area contributed by atoms with Crippen LogP contribution in [0.5, 0.6) is 0 Å². The highest BCUT2D eigenvalue weighted by Gasteiger charge is 2.37. The Bertz CT molecular complexity index is 372. The molecule has 1 unspecified atom stereocenters. The molecule has 1 rings (SSSR count). The lowest BCUT2D eigenvalue weighted by molar-refractivity contribution is -0.141. The second-order valence-corrected chi connectivity index (χ2v) is 3.44. The molecule has 1 heterocycles. The van der Waals surface area contributed by atoms with E-state index >= 15 is 0 Å². The van der Waals surface area contributed by atoms with Crippen molar-refractivity contribution < 1.29 is 18.0 Å². The van der Waals surface area contributed by atoms with Crippen LogP contribution in [0.3, 0.4) is 0 Å². The summed E-state index contributed by atoms with van der Waals surface area (Å²) in [5.41, 5.74) is -1.60. The summed E-state index contributed by atoms with van der Waals surface area (Å²) in [5, 5.41) is 7.46. The first-order valence-electron chi connectivity index (χ1n) is 4.77. The Morgan fingerprint density at radius 2 is 2.25 bits per heavy atom. The molecule has 0 saturated carbocycles. The molecule has 0 aliphatic rings. The van der Waals surface area contributed by atoms with Crippen LogP contribution in [0.4, 0.5) is 13.2 Å². The Hall–Kier alpha value is -1.53. The molecule has 2 N–H and O–H groups in total. The fraction of sp³-hybridized carbons (Fsp3) is 0.556. The molecule has 16 heavy (non-hydrogen) atoms. The first-order chi connectivity index (χ1) is 7.36. The lowest BCUT2D eigenvalue weighted by Crippen LogP contribution is -2.33. The number of aromatic nitrogens is 2. The number of alkyl halides is 3. The smallest absolute Gasteiger partial charge is 0.349 e. The fourth-order valence-corrected chi connectivity index (χ4v) is 1.08. The Kier molecular flexibility index (Phi) is 3.56. The van der Waals surface area contributed by atoms with Crippen molar-refractivity contribution in [2.24, 2.45) is 0 Å². The third kappa shape index (κ3) is 2.74.